The van der Waals surface area contributed by atoms with E-state index in [2.05, 4.69) is 9.47 Å². The summed E-state index contributed by atoms with van der Waals surface area (Å²) in [6, 6.07) is 15.1. The average molecular weight is 421 g/mol. The summed E-state index contributed by atoms with van der Waals surface area (Å²) in [4.78, 5) is 14.8. The molecule has 0 radical (unpaired) electrons. The number of para-hydroxylation sites is 1. The molecule has 0 amide bonds. The number of allylic oxidation sites excluding steroid dienone is 1. The Morgan fingerprint density at radius 2 is 1.87 bits per heavy atom. The van der Waals surface area contributed by atoms with Crippen molar-refractivity contribution in [3.8, 4) is 5.75 Å². The predicted molar refractivity (Wildman–Crippen MR) is 122 cm³/mol. The lowest BCUT2D eigenvalue weighted by atomic mass is 10.1. The second kappa shape index (κ2) is 9.92. The SMILES string of the molecule is COc1ccc(C(=O)/C=C/c2cn(CC(O)CN3CCOCC3)c3ccccc23)cc1. The van der Waals surface area contributed by atoms with Crippen LogP contribution < -0.4 is 4.74 Å². The summed E-state index contributed by atoms with van der Waals surface area (Å²) in [5.41, 5.74) is 2.61. The molecule has 0 spiro atoms. The lowest BCUT2D eigenvalue weighted by Gasteiger charge is -2.28. The third-order valence-corrected chi connectivity index (χ3v) is 5.59. The maximum Gasteiger partial charge on any atom is 0.185 e. The molecule has 1 aromatic heterocycles. The highest BCUT2D eigenvalue weighted by Gasteiger charge is 2.16. The summed E-state index contributed by atoms with van der Waals surface area (Å²) >= 11 is 0. The molecule has 3 aromatic rings. The first-order chi connectivity index (χ1) is 15.1. The van der Waals surface area contributed by atoms with Gasteiger partial charge in [0.2, 0.25) is 0 Å². The van der Waals surface area contributed by atoms with Gasteiger partial charge in [0.05, 0.1) is 26.4 Å². The molecule has 1 N–H and O–H groups in total. The summed E-state index contributed by atoms with van der Waals surface area (Å²) in [5, 5.41) is 11.7. The van der Waals surface area contributed by atoms with E-state index in [0.717, 1.165) is 48.5 Å². The number of aliphatic hydroxyl groups excluding tert-OH is 1. The Labute approximate surface area is 182 Å². The van der Waals surface area contributed by atoms with E-state index in [1.807, 2.05) is 36.5 Å². The van der Waals surface area contributed by atoms with E-state index in [1.165, 1.54) is 0 Å². The van der Waals surface area contributed by atoms with Crippen LogP contribution in [0.3, 0.4) is 0 Å². The van der Waals surface area contributed by atoms with Crippen LogP contribution in [0.2, 0.25) is 0 Å². The summed E-state index contributed by atoms with van der Waals surface area (Å²) in [6.07, 6.45) is 4.97. The van der Waals surface area contributed by atoms with Crippen LogP contribution in [0.15, 0.2) is 60.8 Å². The molecule has 0 bridgehead atoms. The van der Waals surface area contributed by atoms with Gasteiger partial charge in [-0.1, -0.05) is 18.2 Å². The van der Waals surface area contributed by atoms with Gasteiger partial charge in [0.25, 0.3) is 0 Å². The first kappa shape index (κ1) is 21.3. The number of rotatable bonds is 8. The number of methoxy groups -OCH3 is 1. The number of aromatic nitrogens is 1. The highest BCUT2D eigenvalue weighted by Crippen LogP contribution is 2.23. The highest BCUT2D eigenvalue weighted by molar-refractivity contribution is 6.07. The van der Waals surface area contributed by atoms with E-state index in [0.29, 0.717) is 18.7 Å². The molecule has 6 nitrogen and oxygen atoms in total. The Hall–Kier alpha value is -2.93. The number of hydrogen-bond donors (Lipinski definition) is 1. The van der Waals surface area contributed by atoms with Crippen LogP contribution in [0.1, 0.15) is 15.9 Å². The van der Waals surface area contributed by atoms with E-state index in [1.54, 1.807) is 37.5 Å². The van der Waals surface area contributed by atoms with Gasteiger partial charge >= 0.3 is 0 Å². The largest absolute Gasteiger partial charge is 0.497 e. The van der Waals surface area contributed by atoms with Crippen LogP contribution in [0.5, 0.6) is 5.75 Å². The van der Waals surface area contributed by atoms with E-state index >= 15 is 0 Å². The summed E-state index contributed by atoms with van der Waals surface area (Å²) in [7, 11) is 1.60. The number of carbonyl (C=O) groups is 1. The maximum atomic E-state index is 12.6. The Kier molecular flexibility index (Phi) is 6.82. The number of carbonyl (C=O) groups excluding carboxylic acids is 1. The smallest absolute Gasteiger partial charge is 0.185 e. The third-order valence-electron chi connectivity index (χ3n) is 5.59. The fourth-order valence-corrected chi connectivity index (χ4v) is 3.94. The van der Waals surface area contributed by atoms with Crippen LogP contribution in [0.4, 0.5) is 0 Å². The summed E-state index contributed by atoms with van der Waals surface area (Å²) in [5.74, 6) is 0.658. The van der Waals surface area contributed by atoms with Crippen LogP contribution in [0, 0.1) is 0 Å². The molecule has 1 aliphatic rings. The van der Waals surface area contributed by atoms with Crippen molar-refractivity contribution in [2.45, 2.75) is 12.6 Å². The minimum absolute atomic E-state index is 0.0631. The Balaban J connectivity index is 1.50. The Morgan fingerprint density at radius 3 is 2.61 bits per heavy atom. The molecule has 0 aliphatic carbocycles. The molecular weight excluding hydrogens is 392 g/mol. The van der Waals surface area contributed by atoms with Crippen molar-refractivity contribution >= 4 is 22.8 Å². The molecule has 1 saturated heterocycles. The lowest BCUT2D eigenvalue weighted by Crippen LogP contribution is -2.41. The number of ketones is 1. The zero-order valence-corrected chi connectivity index (χ0v) is 17.7. The minimum Gasteiger partial charge on any atom is -0.497 e. The second-order valence-electron chi connectivity index (χ2n) is 7.75. The van der Waals surface area contributed by atoms with Crippen molar-refractivity contribution in [1.82, 2.24) is 9.47 Å². The van der Waals surface area contributed by atoms with Crippen molar-refractivity contribution in [3.63, 3.8) is 0 Å². The van der Waals surface area contributed by atoms with Gasteiger partial charge in [0, 0.05) is 54.4 Å². The number of fused-ring (bicyclic) bond motifs is 1. The van der Waals surface area contributed by atoms with Crippen LogP contribution in [0.25, 0.3) is 17.0 Å². The van der Waals surface area contributed by atoms with Gasteiger partial charge in [0.15, 0.2) is 5.78 Å². The quantitative estimate of drug-likeness (QED) is 0.448. The third kappa shape index (κ3) is 5.22. The van der Waals surface area contributed by atoms with Gasteiger partial charge in [-0.05, 0) is 42.5 Å². The molecule has 1 unspecified atom stereocenters. The number of aliphatic hydroxyl groups is 1. The van der Waals surface area contributed by atoms with Crippen molar-refractivity contribution < 1.29 is 19.4 Å². The van der Waals surface area contributed by atoms with E-state index in [-0.39, 0.29) is 5.78 Å². The normalized spacial score (nSPS) is 16.1. The standard InChI is InChI=1S/C25H28N2O4/c1-30-22-9-6-19(7-10-22)25(29)11-8-20-16-27(24-5-3-2-4-23(20)24)18-21(28)17-26-12-14-31-15-13-26/h2-11,16,21,28H,12-15,17-18H2,1H3/b11-8+. The van der Waals surface area contributed by atoms with Crippen molar-refractivity contribution in [2.24, 2.45) is 0 Å². The van der Waals surface area contributed by atoms with Gasteiger partial charge in [-0.2, -0.15) is 0 Å². The molecule has 31 heavy (non-hydrogen) atoms. The molecule has 2 heterocycles. The minimum atomic E-state index is -0.480. The number of ether oxygens (including phenoxy) is 2. The molecule has 2 aromatic carbocycles. The Morgan fingerprint density at radius 1 is 1.13 bits per heavy atom. The van der Waals surface area contributed by atoms with Crippen LogP contribution in [-0.2, 0) is 11.3 Å². The van der Waals surface area contributed by atoms with E-state index in [9.17, 15) is 9.90 Å². The molecule has 4 rings (SSSR count). The number of morpholine rings is 1. The lowest BCUT2D eigenvalue weighted by molar-refractivity contribution is 0.0117. The molecule has 1 fully saturated rings. The van der Waals surface area contributed by atoms with Gasteiger partial charge in [-0.15, -0.1) is 0 Å². The monoisotopic (exact) mass is 420 g/mol. The van der Waals surface area contributed by atoms with Crippen LogP contribution in [-0.4, -0.2) is 66.4 Å². The molecule has 6 heteroatoms. The van der Waals surface area contributed by atoms with Crippen LogP contribution >= 0.6 is 0 Å². The van der Waals surface area contributed by atoms with Gasteiger partial charge in [-0.25, -0.2) is 0 Å². The fourth-order valence-electron chi connectivity index (χ4n) is 3.94. The highest BCUT2D eigenvalue weighted by atomic mass is 16.5. The first-order valence-corrected chi connectivity index (χ1v) is 10.6. The van der Waals surface area contributed by atoms with Crippen molar-refractivity contribution in [2.75, 3.05) is 40.0 Å². The van der Waals surface area contributed by atoms with Crippen molar-refractivity contribution in [1.29, 1.82) is 0 Å². The number of β-amino-alcohol motifs (C(OH)–C–C–N with tert-alkyl or cyclic N) is 1. The van der Waals surface area contributed by atoms with E-state index < -0.39 is 6.10 Å². The summed E-state index contributed by atoms with van der Waals surface area (Å²) < 4.78 is 12.6. The predicted octanol–water partition coefficient (Wildman–Crippen LogP) is 3.24. The molecular formula is C25H28N2O4. The topological polar surface area (TPSA) is 63.9 Å². The van der Waals surface area contributed by atoms with Crippen molar-refractivity contribution in [3.05, 3.63) is 71.9 Å². The number of benzene rings is 2. The zero-order valence-electron chi connectivity index (χ0n) is 17.7. The zero-order chi connectivity index (χ0) is 21.6. The number of nitrogens with zero attached hydrogens (tertiary/aromatic N) is 2. The van der Waals surface area contributed by atoms with Gasteiger partial charge < -0.3 is 19.1 Å². The Bertz CT molecular complexity index is 1050. The first-order valence-electron chi connectivity index (χ1n) is 10.6. The second-order valence-corrected chi connectivity index (χ2v) is 7.75. The number of hydrogen-bond acceptors (Lipinski definition) is 5. The molecule has 1 atom stereocenters. The molecule has 0 saturated carbocycles. The fraction of sp³-hybridized carbons (Fsp3) is 0.320. The molecule has 1 aliphatic heterocycles. The average Bonchev–Trinajstić information content (AvgIpc) is 3.15. The molecule has 162 valence electrons. The summed E-state index contributed by atoms with van der Waals surface area (Å²) in [6.45, 7) is 4.26. The maximum absolute atomic E-state index is 12.6. The van der Waals surface area contributed by atoms with Gasteiger partial charge in [-0.3, -0.25) is 9.69 Å². The van der Waals surface area contributed by atoms with E-state index in [4.69, 9.17) is 9.47 Å². The van der Waals surface area contributed by atoms with Gasteiger partial charge in [0.1, 0.15) is 5.75 Å².